The number of benzene rings is 2. The molecular formula is C20H24ClNO2. The molecule has 3 nitrogen and oxygen atoms in total. The van der Waals surface area contributed by atoms with Crippen molar-refractivity contribution in [1.29, 1.82) is 0 Å². The smallest absolute Gasteiger partial charge is 0.251 e. The molecule has 0 bridgehead atoms. The van der Waals surface area contributed by atoms with Crippen molar-refractivity contribution in [3.63, 3.8) is 0 Å². The third-order valence-electron chi connectivity index (χ3n) is 4.16. The first-order valence-electron chi connectivity index (χ1n) is 8.08. The Bertz CT molecular complexity index is 723. The predicted molar refractivity (Wildman–Crippen MR) is 99.2 cm³/mol. The molecule has 0 aliphatic carbocycles. The lowest BCUT2D eigenvalue weighted by atomic mass is 9.93. The second-order valence-electron chi connectivity index (χ2n) is 6.31. The van der Waals surface area contributed by atoms with E-state index < -0.39 is 0 Å². The maximum absolute atomic E-state index is 12.4. The van der Waals surface area contributed by atoms with Crippen molar-refractivity contribution in [1.82, 2.24) is 5.32 Å². The van der Waals surface area contributed by atoms with Crippen molar-refractivity contribution >= 4 is 17.5 Å². The summed E-state index contributed by atoms with van der Waals surface area (Å²) >= 11 is 5.87. The van der Waals surface area contributed by atoms with E-state index in [1.165, 1.54) is 0 Å². The first-order valence-corrected chi connectivity index (χ1v) is 8.46. The Labute approximate surface area is 149 Å². The molecule has 0 radical (unpaired) electrons. The molecule has 24 heavy (non-hydrogen) atoms. The van der Waals surface area contributed by atoms with E-state index in [1.807, 2.05) is 19.9 Å². The van der Waals surface area contributed by atoms with Crippen LogP contribution < -0.4 is 10.1 Å². The van der Waals surface area contributed by atoms with Crippen molar-refractivity contribution in [2.75, 3.05) is 7.11 Å². The number of amides is 1. The lowest BCUT2D eigenvalue weighted by Crippen LogP contribution is -2.27. The highest BCUT2D eigenvalue weighted by Crippen LogP contribution is 2.32. The molecule has 1 N–H and O–H groups in total. The van der Waals surface area contributed by atoms with E-state index in [0.717, 1.165) is 22.4 Å². The summed E-state index contributed by atoms with van der Waals surface area (Å²) < 4.78 is 5.48. The van der Waals surface area contributed by atoms with Gasteiger partial charge in [-0.05, 0) is 72.9 Å². The highest BCUT2D eigenvalue weighted by Gasteiger charge is 2.17. The maximum Gasteiger partial charge on any atom is 0.251 e. The van der Waals surface area contributed by atoms with Crippen molar-refractivity contribution in [2.24, 2.45) is 0 Å². The summed E-state index contributed by atoms with van der Waals surface area (Å²) in [5.74, 6) is 1.13. The molecule has 0 saturated carbocycles. The standard InChI is InChI=1S/C20H24ClNO2/c1-12(2)17-11-18(13(3)10-19(17)24-5)14(4)22-20(23)15-6-8-16(21)9-7-15/h6-12,14H,1-5H3,(H,22,23). The van der Waals surface area contributed by atoms with Gasteiger partial charge in [0.25, 0.3) is 5.91 Å². The van der Waals surface area contributed by atoms with Gasteiger partial charge < -0.3 is 10.1 Å². The predicted octanol–water partition coefficient (Wildman–Crippen LogP) is 5.27. The van der Waals surface area contributed by atoms with Gasteiger partial charge in [-0.2, -0.15) is 0 Å². The number of halogens is 1. The Kier molecular flexibility index (Phi) is 5.89. The SMILES string of the molecule is COc1cc(C)c(C(C)NC(=O)c2ccc(Cl)cc2)cc1C(C)C. The fourth-order valence-electron chi connectivity index (χ4n) is 2.77. The molecule has 0 fully saturated rings. The van der Waals surface area contributed by atoms with Gasteiger partial charge in [-0.1, -0.05) is 25.4 Å². The summed E-state index contributed by atoms with van der Waals surface area (Å²) in [6.45, 7) is 8.29. The van der Waals surface area contributed by atoms with E-state index in [1.54, 1.807) is 31.4 Å². The molecular weight excluding hydrogens is 322 g/mol. The van der Waals surface area contributed by atoms with Crippen LogP contribution in [0.5, 0.6) is 5.75 Å². The average Bonchev–Trinajstić information content (AvgIpc) is 2.54. The van der Waals surface area contributed by atoms with Gasteiger partial charge in [0.15, 0.2) is 0 Å². The van der Waals surface area contributed by atoms with Crippen LogP contribution in [0.25, 0.3) is 0 Å². The number of methoxy groups -OCH3 is 1. The number of hydrogen-bond donors (Lipinski definition) is 1. The maximum atomic E-state index is 12.4. The van der Waals surface area contributed by atoms with Crippen LogP contribution in [-0.4, -0.2) is 13.0 Å². The average molecular weight is 346 g/mol. The number of carbonyl (C=O) groups is 1. The zero-order valence-electron chi connectivity index (χ0n) is 14.8. The highest BCUT2D eigenvalue weighted by molar-refractivity contribution is 6.30. The van der Waals surface area contributed by atoms with Gasteiger partial charge in [-0.15, -0.1) is 0 Å². The van der Waals surface area contributed by atoms with E-state index in [4.69, 9.17) is 16.3 Å². The fraction of sp³-hybridized carbons (Fsp3) is 0.350. The van der Waals surface area contributed by atoms with Gasteiger partial charge in [0.2, 0.25) is 0 Å². The summed E-state index contributed by atoms with van der Waals surface area (Å²) in [4.78, 5) is 12.4. The van der Waals surface area contributed by atoms with Crippen molar-refractivity contribution < 1.29 is 9.53 Å². The van der Waals surface area contributed by atoms with Crippen LogP contribution in [0, 0.1) is 6.92 Å². The second kappa shape index (κ2) is 7.71. The van der Waals surface area contributed by atoms with Crippen molar-refractivity contribution in [3.05, 3.63) is 63.7 Å². The monoisotopic (exact) mass is 345 g/mol. The van der Waals surface area contributed by atoms with Gasteiger partial charge in [0.1, 0.15) is 5.75 Å². The lowest BCUT2D eigenvalue weighted by Gasteiger charge is -2.21. The first-order chi connectivity index (χ1) is 11.3. The molecule has 0 aliphatic rings. The van der Waals surface area contributed by atoms with Crippen LogP contribution in [0.1, 0.15) is 59.8 Å². The minimum absolute atomic E-state index is 0.100. The number of carbonyl (C=O) groups excluding carboxylic acids is 1. The van der Waals surface area contributed by atoms with E-state index in [0.29, 0.717) is 16.5 Å². The quantitative estimate of drug-likeness (QED) is 0.801. The number of rotatable bonds is 5. The summed E-state index contributed by atoms with van der Waals surface area (Å²) in [7, 11) is 1.69. The Morgan fingerprint density at radius 3 is 2.25 bits per heavy atom. The molecule has 0 aliphatic heterocycles. The topological polar surface area (TPSA) is 38.3 Å². The Morgan fingerprint density at radius 1 is 1.08 bits per heavy atom. The number of hydrogen-bond acceptors (Lipinski definition) is 2. The molecule has 1 amide bonds. The van der Waals surface area contributed by atoms with Gasteiger partial charge >= 0.3 is 0 Å². The van der Waals surface area contributed by atoms with Crippen LogP contribution in [0.3, 0.4) is 0 Å². The molecule has 4 heteroatoms. The largest absolute Gasteiger partial charge is 0.496 e. The summed E-state index contributed by atoms with van der Waals surface area (Å²) in [5, 5.41) is 3.67. The van der Waals surface area contributed by atoms with Gasteiger partial charge in [-0.3, -0.25) is 4.79 Å². The summed E-state index contributed by atoms with van der Waals surface area (Å²) in [6, 6.07) is 11.0. The van der Waals surface area contributed by atoms with Crippen LogP contribution in [0.4, 0.5) is 0 Å². The first kappa shape index (κ1) is 18.3. The number of ether oxygens (including phenoxy) is 1. The minimum Gasteiger partial charge on any atom is -0.496 e. The van der Waals surface area contributed by atoms with Crippen molar-refractivity contribution in [3.8, 4) is 5.75 Å². The molecule has 1 unspecified atom stereocenters. The van der Waals surface area contributed by atoms with Crippen LogP contribution in [-0.2, 0) is 0 Å². The Hall–Kier alpha value is -2.00. The van der Waals surface area contributed by atoms with E-state index >= 15 is 0 Å². The third kappa shape index (κ3) is 4.09. The van der Waals surface area contributed by atoms with E-state index in [-0.39, 0.29) is 11.9 Å². The molecule has 2 aromatic carbocycles. The van der Waals surface area contributed by atoms with Gasteiger partial charge in [0.05, 0.1) is 13.2 Å². The zero-order chi connectivity index (χ0) is 17.9. The molecule has 0 spiro atoms. The summed E-state index contributed by atoms with van der Waals surface area (Å²) in [6.07, 6.45) is 0. The molecule has 2 aromatic rings. The Morgan fingerprint density at radius 2 is 1.71 bits per heavy atom. The zero-order valence-corrected chi connectivity index (χ0v) is 15.6. The molecule has 1 atom stereocenters. The number of aryl methyl sites for hydroxylation is 1. The molecule has 0 aromatic heterocycles. The third-order valence-corrected chi connectivity index (χ3v) is 4.41. The van der Waals surface area contributed by atoms with Crippen LogP contribution in [0.15, 0.2) is 36.4 Å². The van der Waals surface area contributed by atoms with Crippen LogP contribution in [0.2, 0.25) is 5.02 Å². The van der Waals surface area contributed by atoms with Crippen molar-refractivity contribution in [2.45, 2.75) is 39.7 Å². The molecule has 128 valence electrons. The molecule has 2 rings (SSSR count). The molecule has 0 heterocycles. The van der Waals surface area contributed by atoms with Crippen LogP contribution >= 0.6 is 11.6 Å². The van der Waals surface area contributed by atoms with E-state index in [9.17, 15) is 4.79 Å². The second-order valence-corrected chi connectivity index (χ2v) is 6.74. The molecule has 0 saturated heterocycles. The lowest BCUT2D eigenvalue weighted by molar-refractivity contribution is 0.0940. The highest BCUT2D eigenvalue weighted by atomic mass is 35.5. The van der Waals surface area contributed by atoms with Gasteiger partial charge in [-0.25, -0.2) is 0 Å². The fourth-order valence-corrected chi connectivity index (χ4v) is 2.90. The minimum atomic E-state index is -0.111. The van der Waals surface area contributed by atoms with E-state index in [2.05, 4.69) is 25.2 Å². The number of nitrogens with one attached hydrogen (secondary N) is 1. The summed E-state index contributed by atoms with van der Waals surface area (Å²) in [5.41, 5.74) is 3.94. The van der Waals surface area contributed by atoms with Gasteiger partial charge in [0, 0.05) is 10.6 Å². The normalized spacial score (nSPS) is 12.1. The Balaban J connectivity index is 2.25.